The maximum atomic E-state index is 10.9. The fourth-order valence-electron chi connectivity index (χ4n) is 0.736. The van der Waals surface area contributed by atoms with E-state index in [1.54, 1.807) is 6.07 Å². The predicted molar refractivity (Wildman–Crippen MR) is 38.3 cm³/mol. The third kappa shape index (κ3) is 1.22. The highest BCUT2D eigenvalue weighted by Gasteiger charge is 2.04. The molecule has 0 amide bonds. The van der Waals surface area contributed by atoms with Crippen molar-refractivity contribution in [2.75, 3.05) is 7.11 Å². The van der Waals surface area contributed by atoms with Gasteiger partial charge in [0.15, 0.2) is 5.56 Å². The number of nitrogens with one attached hydrogen (secondary N) is 1. The second-order valence-corrected chi connectivity index (χ2v) is 1.86. The van der Waals surface area contributed by atoms with E-state index in [0.29, 0.717) is 5.75 Å². The number of nitriles is 1. The van der Waals surface area contributed by atoms with E-state index < -0.39 is 5.56 Å². The summed E-state index contributed by atoms with van der Waals surface area (Å²) >= 11 is 0. The van der Waals surface area contributed by atoms with E-state index in [0.717, 1.165) is 0 Å². The first kappa shape index (κ1) is 7.35. The Kier molecular flexibility index (Phi) is 1.93. The molecule has 1 N–H and O–H groups in total. The smallest absolute Gasteiger partial charge is 0.269 e. The monoisotopic (exact) mass is 153 g/mol. The van der Waals surface area contributed by atoms with Gasteiger partial charge in [-0.15, -0.1) is 0 Å². The lowest BCUT2D eigenvalue weighted by Crippen LogP contribution is -2.10. The van der Waals surface area contributed by atoms with Gasteiger partial charge in [-0.05, 0) is 6.07 Å². The number of aromatic nitrogens is 1. The molecule has 1 rings (SSSR count). The molecule has 0 fully saturated rings. The average Bonchev–Trinajstić information content (AvgIpc) is 2.04. The van der Waals surface area contributed by atoms with Crippen LogP contribution < -0.4 is 10.3 Å². The second-order valence-electron chi connectivity index (χ2n) is 1.86. The van der Waals surface area contributed by atoms with Crippen LogP contribution in [-0.4, -0.2) is 12.1 Å². The first-order valence-corrected chi connectivity index (χ1v) is 2.95. The number of rotatable bonds is 1. The van der Waals surface area contributed by atoms with Crippen molar-refractivity contribution in [1.29, 1.82) is 5.26 Å². The molecular weight excluding hydrogens is 147 g/mol. The summed E-state index contributed by atoms with van der Waals surface area (Å²) in [5.41, 5.74) is -0.415. The van der Waals surface area contributed by atoms with Gasteiger partial charge in [-0.2, -0.15) is 5.26 Å². The lowest BCUT2D eigenvalue weighted by atomic mass is 10.5. The van der Waals surface area contributed by atoms with E-state index in [2.05, 4.69) is 4.98 Å². The summed E-state index contributed by atoms with van der Waals surface area (Å²) in [6, 6.07) is 3.27. The first-order chi connectivity index (χ1) is 5.29. The number of pyridine rings is 1. The zero-order chi connectivity index (χ0) is 8.27. The number of nitrogens with zero attached hydrogens (tertiary/aromatic N) is 1. The number of hydrogen-bond acceptors (Lipinski definition) is 3. The lowest BCUT2D eigenvalue weighted by Gasteiger charge is -1.98. The van der Waals surface area contributed by atoms with E-state index in [1.165, 1.54) is 19.4 Å². The van der Waals surface area contributed by atoms with Crippen molar-refractivity contribution in [1.82, 2.24) is 4.98 Å². The Morgan fingerprint density at radius 1 is 1.73 bits per heavy atom. The van der Waals surface area contributed by atoms with Crippen LogP contribution in [-0.2, 0) is 0 Å². The number of aromatic amines is 1. The Morgan fingerprint density at radius 2 is 2.45 bits per heavy atom. The van der Waals surface area contributed by atoms with Gasteiger partial charge in [0.25, 0.3) is 5.56 Å². The molecule has 0 aliphatic heterocycles. The zero-order valence-electron chi connectivity index (χ0n) is 5.92. The average molecular weight is 153 g/mol. The third-order valence-corrected chi connectivity index (χ3v) is 1.25. The summed E-state index contributed by atoms with van der Waals surface area (Å²) in [5, 5.41) is 8.48. The highest BCUT2D eigenvalue weighted by molar-refractivity contribution is 5.39. The quantitative estimate of drug-likeness (QED) is 0.629. The van der Waals surface area contributed by atoms with Crippen molar-refractivity contribution in [3.05, 3.63) is 28.2 Å². The molecule has 1 heterocycles. The van der Waals surface area contributed by atoms with Crippen molar-refractivity contribution in [3.63, 3.8) is 0 Å². The molecule has 1 aromatic rings. The Morgan fingerprint density at radius 3 is 2.91 bits per heavy atom. The molecule has 0 radical (unpaired) electrons. The summed E-state index contributed by atoms with van der Waals surface area (Å²) in [6.45, 7) is 0. The van der Waals surface area contributed by atoms with Crippen molar-refractivity contribution < 1.29 is 4.74 Å². The summed E-state index contributed by atoms with van der Waals surface area (Å²) in [7, 11) is 1.41. The van der Waals surface area contributed by atoms with E-state index in [1.807, 2.05) is 0 Å². The largest absolute Gasteiger partial charge is 0.495 e. The van der Waals surface area contributed by atoms with Gasteiger partial charge in [0, 0.05) is 6.20 Å². The molecule has 0 bridgehead atoms. The molecule has 0 atom stereocenters. The molecule has 0 aliphatic carbocycles. The first-order valence-electron chi connectivity index (χ1n) is 2.95. The lowest BCUT2D eigenvalue weighted by molar-refractivity contribution is 0.412. The summed E-state index contributed by atoms with van der Waals surface area (Å²) in [4.78, 5) is 13.2. The highest BCUT2D eigenvalue weighted by atomic mass is 16.5. The number of ether oxygens (including phenoxy) is 1. The van der Waals surface area contributed by atoms with Crippen molar-refractivity contribution in [2.24, 2.45) is 0 Å². The third-order valence-electron chi connectivity index (χ3n) is 1.25. The van der Waals surface area contributed by atoms with Gasteiger partial charge >= 0.3 is 0 Å². The van der Waals surface area contributed by atoms with E-state index >= 15 is 0 Å². The summed E-state index contributed by atoms with van der Waals surface area (Å²) < 4.78 is 4.77. The van der Waals surface area contributed by atoms with Gasteiger partial charge in [0.1, 0.15) is 11.8 Å². The Hall–Kier alpha value is -1.76. The summed E-state index contributed by atoms with van der Waals surface area (Å²) in [5.74, 6) is 0.302. The van der Waals surface area contributed by atoms with Crippen molar-refractivity contribution in [3.8, 4) is 11.8 Å². The Labute approximate surface area is 63.0 Å². The standard InChI is InChI=1S/C7H6N2O2/c1-11-6-2-3-9-7(10)5(6)4-8/h2-3H,1H3,(H,9,10)/i2+1,3+1,6+1. The minimum absolute atomic E-state index is 0.00926. The van der Waals surface area contributed by atoms with Crippen molar-refractivity contribution in [2.45, 2.75) is 0 Å². The Bertz CT molecular complexity index is 348. The van der Waals surface area contributed by atoms with E-state index in [4.69, 9.17) is 10.00 Å². The number of hydrogen-bond donors (Lipinski definition) is 1. The molecule has 1 aromatic heterocycles. The number of methoxy groups -OCH3 is 1. The van der Waals surface area contributed by atoms with Gasteiger partial charge in [-0.3, -0.25) is 4.79 Å². The van der Waals surface area contributed by atoms with Crippen molar-refractivity contribution >= 4 is 0 Å². The van der Waals surface area contributed by atoms with Crippen LogP contribution in [0.2, 0.25) is 0 Å². The molecule has 0 aromatic carbocycles. The second kappa shape index (κ2) is 2.88. The minimum Gasteiger partial charge on any atom is -0.495 e. The van der Waals surface area contributed by atoms with Gasteiger partial charge in [-0.25, -0.2) is 0 Å². The topological polar surface area (TPSA) is 65.9 Å². The maximum Gasteiger partial charge on any atom is 0.269 e. The molecule has 0 aliphatic rings. The van der Waals surface area contributed by atoms with Crippen LogP contribution in [0.3, 0.4) is 0 Å². The molecule has 0 spiro atoms. The van der Waals surface area contributed by atoms with E-state index in [9.17, 15) is 4.79 Å². The van der Waals surface area contributed by atoms with Crippen LogP contribution >= 0.6 is 0 Å². The van der Waals surface area contributed by atoms with Gasteiger partial charge in [0.05, 0.1) is 7.11 Å². The normalized spacial score (nSPS) is 8.73. The fraction of sp³-hybridized carbons (Fsp3) is 0.143. The van der Waals surface area contributed by atoms with Crippen LogP contribution in [0, 0.1) is 11.3 Å². The van der Waals surface area contributed by atoms with E-state index in [-0.39, 0.29) is 5.56 Å². The highest BCUT2D eigenvalue weighted by Crippen LogP contribution is 2.09. The molecular formula is C7H6N2O2. The summed E-state index contributed by atoms with van der Waals surface area (Å²) in [6.07, 6.45) is 1.43. The Balaban J connectivity index is 3.40. The zero-order valence-corrected chi connectivity index (χ0v) is 5.92. The van der Waals surface area contributed by atoms with Gasteiger partial charge in [0.2, 0.25) is 0 Å². The maximum absolute atomic E-state index is 10.9. The molecule has 11 heavy (non-hydrogen) atoms. The molecule has 56 valence electrons. The van der Waals surface area contributed by atoms with Crippen LogP contribution in [0.1, 0.15) is 5.56 Å². The molecule has 4 nitrogen and oxygen atoms in total. The van der Waals surface area contributed by atoms with Crippen LogP contribution in [0.4, 0.5) is 0 Å². The van der Waals surface area contributed by atoms with Crippen LogP contribution in [0.5, 0.6) is 5.75 Å². The number of H-pyrrole nitrogens is 1. The SMILES string of the molecule is CO[13c]1[13cH][13cH][nH]c(=O)c1C#N. The van der Waals surface area contributed by atoms with Gasteiger partial charge < -0.3 is 9.72 Å². The molecule has 0 saturated carbocycles. The minimum atomic E-state index is -0.424. The predicted octanol–water partition coefficient (Wildman–Crippen LogP) is 0.255. The molecule has 0 unspecified atom stereocenters. The fourth-order valence-corrected chi connectivity index (χ4v) is 0.736. The molecule has 4 heteroatoms. The van der Waals surface area contributed by atoms with Crippen LogP contribution in [0.15, 0.2) is 17.1 Å². The molecule has 0 saturated heterocycles. The van der Waals surface area contributed by atoms with Crippen LogP contribution in [0.25, 0.3) is 0 Å². The van der Waals surface area contributed by atoms with Gasteiger partial charge in [-0.1, -0.05) is 0 Å².